The van der Waals surface area contributed by atoms with Gasteiger partial charge in [0.05, 0.1) is 0 Å². The average Bonchev–Trinajstić information content (AvgIpc) is 2.19. The van der Waals surface area contributed by atoms with Gasteiger partial charge in [-0.05, 0) is 45.7 Å². The molecule has 0 bridgehead atoms. The largest absolute Gasteiger partial charge is 0.317 e. The highest BCUT2D eigenvalue weighted by Crippen LogP contribution is 2.17. The Morgan fingerprint density at radius 2 is 1.79 bits per heavy atom. The van der Waals surface area contributed by atoms with E-state index < -0.39 is 0 Å². The summed E-state index contributed by atoms with van der Waals surface area (Å²) in [6.07, 6.45) is 6.43. The SMILES string of the molecule is CCCC/C(CC)=C(/C)CCNCC. The molecule has 84 valence electrons. The molecule has 0 aromatic carbocycles. The number of nitrogens with one attached hydrogen (secondary N) is 1. The van der Waals surface area contributed by atoms with Gasteiger partial charge in [0.1, 0.15) is 0 Å². The van der Waals surface area contributed by atoms with E-state index in [1.54, 1.807) is 11.1 Å². The third kappa shape index (κ3) is 6.20. The molecule has 0 atom stereocenters. The van der Waals surface area contributed by atoms with Gasteiger partial charge in [-0.15, -0.1) is 0 Å². The van der Waals surface area contributed by atoms with Gasteiger partial charge < -0.3 is 5.32 Å². The van der Waals surface area contributed by atoms with Gasteiger partial charge in [-0.2, -0.15) is 0 Å². The number of hydrogen-bond donors (Lipinski definition) is 1. The van der Waals surface area contributed by atoms with E-state index >= 15 is 0 Å². The number of allylic oxidation sites excluding steroid dienone is 1. The van der Waals surface area contributed by atoms with Crippen molar-refractivity contribution in [3.8, 4) is 0 Å². The first-order valence-electron chi connectivity index (χ1n) is 6.14. The number of unbranched alkanes of at least 4 members (excludes halogenated alkanes) is 1. The molecule has 14 heavy (non-hydrogen) atoms. The summed E-state index contributed by atoms with van der Waals surface area (Å²) in [4.78, 5) is 0. The second-order valence-corrected chi connectivity index (χ2v) is 3.94. The van der Waals surface area contributed by atoms with E-state index in [1.807, 2.05) is 0 Å². The molecule has 0 unspecified atom stereocenters. The van der Waals surface area contributed by atoms with Crippen molar-refractivity contribution in [2.75, 3.05) is 13.1 Å². The van der Waals surface area contributed by atoms with Crippen molar-refractivity contribution < 1.29 is 0 Å². The van der Waals surface area contributed by atoms with Gasteiger partial charge in [0, 0.05) is 0 Å². The Morgan fingerprint density at radius 3 is 2.29 bits per heavy atom. The zero-order valence-electron chi connectivity index (χ0n) is 10.4. The van der Waals surface area contributed by atoms with Crippen LogP contribution >= 0.6 is 0 Å². The van der Waals surface area contributed by atoms with Crippen LogP contribution < -0.4 is 5.32 Å². The van der Waals surface area contributed by atoms with Gasteiger partial charge in [-0.25, -0.2) is 0 Å². The Morgan fingerprint density at radius 1 is 1.07 bits per heavy atom. The van der Waals surface area contributed by atoms with Crippen molar-refractivity contribution in [3.05, 3.63) is 11.1 Å². The fraction of sp³-hybridized carbons (Fsp3) is 0.846. The molecule has 0 spiro atoms. The van der Waals surface area contributed by atoms with Crippen LogP contribution in [-0.2, 0) is 0 Å². The summed E-state index contributed by atoms with van der Waals surface area (Å²) in [5.41, 5.74) is 3.30. The standard InChI is InChI=1S/C13H27N/c1-5-8-9-13(6-2)12(4)10-11-14-7-3/h14H,5-11H2,1-4H3/b13-12-. The minimum atomic E-state index is 1.09. The summed E-state index contributed by atoms with van der Waals surface area (Å²) in [6.45, 7) is 11.2. The summed E-state index contributed by atoms with van der Waals surface area (Å²) in [7, 11) is 0. The number of rotatable bonds is 8. The maximum atomic E-state index is 3.38. The summed E-state index contributed by atoms with van der Waals surface area (Å²) >= 11 is 0. The van der Waals surface area contributed by atoms with Gasteiger partial charge >= 0.3 is 0 Å². The molecular weight excluding hydrogens is 170 g/mol. The quantitative estimate of drug-likeness (QED) is 0.459. The minimum absolute atomic E-state index is 1.09. The molecule has 0 radical (unpaired) electrons. The van der Waals surface area contributed by atoms with Crippen LogP contribution in [0.4, 0.5) is 0 Å². The lowest BCUT2D eigenvalue weighted by molar-refractivity contribution is 0.695. The van der Waals surface area contributed by atoms with Crippen molar-refractivity contribution in [1.29, 1.82) is 0 Å². The van der Waals surface area contributed by atoms with Crippen molar-refractivity contribution in [2.24, 2.45) is 0 Å². The van der Waals surface area contributed by atoms with Gasteiger partial charge in [-0.1, -0.05) is 38.3 Å². The van der Waals surface area contributed by atoms with Crippen molar-refractivity contribution in [1.82, 2.24) is 5.32 Å². The van der Waals surface area contributed by atoms with Crippen molar-refractivity contribution >= 4 is 0 Å². The van der Waals surface area contributed by atoms with E-state index in [1.165, 1.54) is 32.1 Å². The normalized spacial score (nSPS) is 12.9. The average molecular weight is 197 g/mol. The second-order valence-electron chi connectivity index (χ2n) is 3.94. The highest BCUT2D eigenvalue weighted by atomic mass is 14.8. The molecule has 0 aromatic heterocycles. The summed E-state index contributed by atoms with van der Waals surface area (Å²) < 4.78 is 0. The first-order chi connectivity index (χ1) is 6.76. The molecule has 1 N–H and O–H groups in total. The van der Waals surface area contributed by atoms with Crippen LogP contribution in [0.25, 0.3) is 0 Å². The molecule has 0 aromatic rings. The Balaban J connectivity index is 3.92. The molecule has 0 amide bonds. The fourth-order valence-electron chi connectivity index (χ4n) is 1.71. The van der Waals surface area contributed by atoms with Gasteiger partial charge in [0.15, 0.2) is 0 Å². The van der Waals surface area contributed by atoms with Crippen LogP contribution in [0.1, 0.15) is 59.8 Å². The van der Waals surface area contributed by atoms with E-state index in [-0.39, 0.29) is 0 Å². The molecule has 1 heteroatoms. The predicted molar refractivity (Wildman–Crippen MR) is 65.7 cm³/mol. The van der Waals surface area contributed by atoms with E-state index in [9.17, 15) is 0 Å². The third-order valence-electron chi connectivity index (χ3n) is 2.79. The zero-order chi connectivity index (χ0) is 10.8. The van der Waals surface area contributed by atoms with Crippen LogP contribution in [-0.4, -0.2) is 13.1 Å². The molecule has 0 aliphatic rings. The lowest BCUT2D eigenvalue weighted by atomic mass is 9.99. The predicted octanol–water partition coefficient (Wildman–Crippen LogP) is 3.90. The van der Waals surface area contributed by atoms with Gasteiger partial charge in [0.25, 0.3) is 0 Å². The lowest BCUT2D eigenvalue weighted by Gasteiger charge is -2.10. The van der Waals surface area contributed by atoms with Crippen molar-refractivity contribution in [3.63, 3.8) is 0 Å². The molecule has 0 saturated heterocycles. The second kappa shape index (κ2) is 9.26. The topological polar surface area (TPSA) is 12.0 Å². The van der Waals surface area contributed by atoms with Gasteiger partial charge in [-0.3, -0.25) is 0 Å². The van der Waals surface area contributed by atoms with E-state index in [0.717, 1.165) is 13.1 Å². The van der Waals surface area contributed by atoms with Gasteiger partial charge in [0.2, 0.25) is 0 Å². The minimum Gasteiger partial charge on any atom is -0.317 e. The first-order valence-corrected chi connectivity index (χ1v) is 6.14. The summed E-state index contributed by atoms with van der Waals surface area (Å²) in [6, 6.07) is 0. The number of hydrogen-bond acceptors (Lipinski definition) is 1. The Hall–Kier alpha value is -0.300. The molecule has 1 nitrogen and oxygen atoms in total. The molecule has 0 heterocycles. The van der Waals surface area contributed by atoms with Crippen LogP contribution in [0.15, 0.2) is 11.1 Å². The van der Waals surface area contributed by atoms with E-state index in [2.05, 4.69) is 33.0 Å². The molecule has 0 rings (SSSR count). The smallest absolute Gasteiger partial charge is 0.00117 e. The zero-order valence-corrected chi connectivity index (χ0v) is 10.4. The van der Waals surface area contributed by atoms with E-state index in [4.69, 9.17) is 0 Å². The van der Waals surface area contributed by atoms with Crippen LogP contribution in [0.2, 0.25) is 0 Å². The Labute approximate surface area is 90.0 Å². The maximum Gasteiger partial charge on any atom is -0.00117 e. The fourth-order valence-corrected chi connectivity index (χ4v) is 1.71. The Kier molecular flexibility index (Phi) is 9.06. The first kappa shape index (κ1) is 13.7. The monoisotopic (exact) mass is 197 g/mol. The lowest BCUT2D eigenvalue weighted by Crippen LogP contribution is -2.14. The van der Waals surface area contributed by atoms with Crippen LogP contribution in [0, 0.1) is 0 Å². The summed E-state index contributed by atoms with van der Waals surface area (Å²) in [5, 5.41) is 3.38. The highest BCUT2D eigenvalue weighted by molar-refractivity contribution is 5.11. The molecular formula is C13H27N. The van der Waals surface area contributed by atoms with Crippen LogP contribution in [0.5, 0.6) is 0 Å². The maximum absolute atomic E-state index is 3.38. The highest BCUT2D eigenvalue weighted by Gasteiger charge is 1.99. The summed E-state index contributed by atoms with van der Waals surface area (Å²) in [5.74, 6) is 0. The molecule has 0 saturated carbocycles. The van der Waals surface area contributed by atoms with Crippen LogP contribution in [0.3, 0.4) is 0 Å². The molecule has 0 fully saturated rings. The molecule has 0 aliphatic heterocycles. The van der Waals surface area contributed by atoms with Crippen molar-refractivity contribution in [2.45, 2.75) is 59.8 Å². The third-order valence-corrected chi connectivity index (χ3v) is 2.79. The molecule has 0 aliphatic carbocycles. The van der Waals surface area contributed by atoms with E-state index in [0.29, 0.717) is 0 Å². The Bertz CT molecular complexity index is 159.